The molecule has 0 amide bonds. The van der Waals surface area contributed by atoms with Gasteiger partial charge in [-0.1, -0.05) is 17.7 Å². The smallest absolute Gasteiger partial charge is 0.101 e. The van der Waals surface area contributed by atoms with E-state index in [4.69, 9.17) is 22.0 Å². The van der Waals surface area contributed by atoms with Crippen molar-refractivity contribution in [2.24, 2.45) is 0 Å². The van der Waals surface area contributed by atoms with E-state index in [1.165, 1.54) is 0 Å². The zero-order valence-corrected chi connectivity index (χ0v) is 14.5. The van der Waals surface area contributed by atoms with E-state index in [0.29, 0.717) is 10.6 Å². The Balaban J connectivity index is 2.07. The standard InChI is InChI=1S/C19H17ClN4/c1-12-19(16-4-5-17(11-21)18(20)10-16)14(3)24(23-12)13(2)15-6-8-22-9-7-15/h4-10,13H,1-3H3. The van der Waals surface area contributed by atoms with Crippen LogP contribution in [0, 0.1) is 25.2 Å². The molecule has 24 heavy (non-hydrogen) atoms. The van der Waals surface area contributed by atoms with Crippen molar-refractivity contribution in [2.75, 3.05) is 0 Å². The summed E-state index contributed by atoms with van der Waals surface area (Å²) in [5.74, 6) is 0. The van der Waals surface area contributed by atoms with Crippen molar-refractivity contribution in [3.05, 3.63) is 70.3 Å². The molecule has 2 aromatic heterocycles. The highest BCUT2D eigenvalue weighted by Gasteiger charge is 2.18. The van der Waals surface area contributed by atoms with Crippen molar-refractivity contribution in [3.63, 3.8) is 0 Å². The van der Waals surface area contributed by atoms with Crippen molar-refractivity contribution in [2.45, 2.75) is 26.8 Å². The number of aryl methyl sites for hydroxylation is 1. The topological polar surface area (TPSA) is 54.5 Å². The molecule has 0 saturated carbocycles. The summed E-state index contributed by atoms with van der Waals surface area (Å²) in [4.78, 5) is 4.07. The van der Waals surface area contributed by atoms with Gasteiger partial charge in [0.2, 0.25) is 0 Å². The van der Waals surface area contributed by atoms with Gasteiger partial charge in [0.05, 0.1) is 22.3 Å². The lowest BCUT2D eigenvalue weighted by Gasteiger charge is -2.15. The predicted octanol–water partition coefficient (Wildman–Crippen LogP) is 4.70. The maximum absolute atomic E-state index is 9.04. The molecule has 1 atom stereocenters. The van der Waals surface area contributed by atoms with Crippen LogP contribution >= 0.6 is 11.6 Å². The summed E-state index contributed by atoms with van der Waals surface area (Å²) < 4.78 is 2.02. The normalized spacial score (nSPS) is 12.0. The minimum atomic E-state index is 0.106. The van der Waals surface area contributed by atoms with Crippen molar-refractivity contribution in [1.82, 2.24) is 14.8 Å². The van der Waals surface area contributed by atoms with Gasteiger partial charge >= 0.3 is 0 Å². The molecule has 0 spiro atoms. The number of pyridine rings is 1. The molecule has 4 nitrogen and oxygen atoms in total. The lowest BCUT2D eigenvalue weighted by atomic mass is 10.0. The van der Waals surface area contributed by atoms with Crippen molar-refractivity contribution >= 4 is 11.6 Å². The average Bonchev–Trinajstić information content (AvgIpc) is 2.89. The zero-order valence-electron chi connectivity index (χ0n) is 13.8. The highest BCUT2D eigenvalue weighted by atomic mass is 35.5. The predicted molar refractivity (Wildman–Crippen MR) is 94.9 cm³/mol. The summed E-state index contributed by atoms with van der Waals surface area (Å²) >= 11 is 6.19. The first-order valence-corrected chi connectivity index (χ1v) is 8.06. The van der Waals surface area contributed by atoms with E-state index in [1.807, 2.05) is 35.9 Å². The van der Waals surface area contributed by atoms with Crippen LogP contribution in [0.25, 0.3) is 11.1 Å². The maximum atomic E-state index is 9.04. The second-order valence-corrected chi connectivity index (χ2v) is 6.16. The lowest BCUT2D eigenvalue weighted by molar-refractivity contribution is 0.546. The fraction of sp³-hybridized carbons (Fsp3) is 0.211. The third-order valence-electron chi connectivity index (χ3n) is 4.26. The number of nitriles is 1. The summed E-state index contributed by atoms with van der Waals surface area (Å²) in [5.41, 5.74) is 5.67. The van der Waals surface area contributed by atoms with E-state index in [0.717, 1.165) is 28.1 Å². The van der Waals surface area contributed by atoms with Gasteiger partial charge in [-0.05, 0) is 56.2 Å². The molecule has 1 unspecified atom stereocenters. The van der Waals surface area contributed by atoms with Crippen molar-refractivity contribution in [1.29, 1.82) is 5.26 Å². The van der Waals surface area contributed by atoms with Crippen LogP contribution in [0.2, 0.25) is 5.02 Å². The minimum absolute atomic E-state index is 0.106. The van der Waals surface area contributed by atoms with Crippen LogP contribution in [0.15, 0.2) is 42.7 Å². The molecule has 0 bridgehead atoms. The molecule has 0 aliphatic heterocycles. The molecule has 0 aliphatic carbocycles. The molecule has 0 saturated heterocycles. The van der Waals surface area contributed by atoms with Gasteiger partial charge in [-0.2, -0.15) is 10.4 Å². The second-order valence-electron chi connectivity index (χ2n) is 5.75. The van der Waals surface area contributed by atoms with Crippen LogP contribution in [0.1, 0.15) is 35.5 Å². The molecule has 120 valence electrons. The third kappa shape index (κ3) is 2.79. The Bertz CT molecular complexity index is 923. The van der Waals surface area contributed by atoms with Crippen LogP contribution in [0.3, 0.4) is 0 Å². The Labute approximate surface area is 146 Å². The summed E-state index contributed by atoms with van der Waals surface area (Å²) in [6.45, 7) is 6.16. The van der Waals surface area contributed by atoms with E-state index in [2.05, 4.69) is 24.9 Å². The molecule has 0 fully saturated rings. The zero-order chi connectivity index (χ0) is 17.3. The molecule has 0 aliphatic rings. The second kappa shape index (κ2) is 6.46. The van der Waals surface area contributed by atoms with Crippen LogP contribution in [0.5, 0.6) is 0 Å². The summed E-state index contributed by atoms with van der Waals surface area (Å²) in [5, 5.41) is 14.2. The van der Waals surface area contributed by atoms with Gasteiger partial charge in [-0.3, -0.25) is 9.67 Å². The fourth-order valence-electron chi connectivity index (χ4n) is 3.00. The van der Waals surface area contributed by atoms with Gasteiger partial charge in [0.25, 0.3) is 0 Å². The van der Waals surface area contributed by atoms with E-state index >= 15 is 0 Å². The largest absolute Gasteiger partial charge is 0.265 e. The van der Waals surface area contributed by atoms with E-state index < -0.39 is 0 Å². The molecule has 2 heterocycles. The monoisotopic (exact) mass is 336 g/mol. The van der Waals surface area contributed by atoms with Gasteiger partial charge in [0, 0.05) is 23.7 Å². The molecular weight excluding hydrogens is 320 g/mol. The van der Waals surface area contributed by atoms with E-state index in [9.17, 15) is 0 Å². The van der Waals surface area contributed by atoms with Crippen LogP contribution < -0.4 is 0 Å². The summed E-state index contributed by atoms with van der Waals surface area (Å²) in [6, 6.07) is 11.7. The first-order valence-electron chi connectivity index (χ1n) is 7.68. The number of benzene rings is 1. The number of halogens is 1. The first kappa shape index (κ1) is 16.2. The van der Waals surface area contributed by atoms with Crippen LogP contribution in [0.4, 0.5) is 0 Å². The van der Waals surface area contributed by atoms with Crippen LogP contribution in [-0.4, -0.2) is 14.8 Å². The third-order valence-corrected chi connectivity index (χ3v) is 4.57. The Morgan fingerprint density at radius 2 is 1.88 bits per heavy atom. The van der Waals surface area contributed by atoms with Gasteiger partial charge in [0.15, 0.2) is 0 Å². The minimum Gasteiger partial charge on any atom is -0.265 e. The molecule has 3 rings (SSSR count). The Morgan fingerprint density at radius 3 is 2.50 bits per heavy atom. The molecule has 0 radical (unpaired) electrons. The first-order chi connectivity index (χ1) is 11.5. The van der Waals surface area contributed by atoms with Crippen molar-refractivity contribution in [3.8, 4) is 17.2 Å². The van der Waals surface area contributed by atoms with E-state index in [-0.39, 0.29) is 6.04 Å². The fourth-order valence-corrected chi connectivity index (χ4v) is 3.23. The molecule has 1 aromatic carbocycles. The van der Waals surface area contributed by atoms with Gasteiger partial charge < -0.3 is 0 Å². The lowest BCUT2D eigenvalue weighted by Crippen LogP contribution is -2.10. The molecule has 5 heteroatoms. The Hall–Kier alpha value is -2.64. The van der Waals surface area contributed by atoms with Crippen molar-refractivity contribution < 1.29 is 0 Å². The highest BCUT2D eigenvalue weighted by molar-refractivity contribution is 6.32. The number of rotatable bonds is 3. The number of hydrogen-bond acceptors (Lipinski definition) is 3. The molecule has 3 aromatic rings. The van der Waals surface area contributed by atoms with Gasteiger partial charge in [0.1, 0.15) is 6.07 Å². The summed E-state index contributed by atoms with van der Waals surface area (Å²) in [6.07, 6.45) is 3.58. The molecule has 0 N–H and O–H groups in total. The number of hydrogen-bond donors (Lipinski definition) is 0. The number of nitrogens with zero attached hydrogens (tertiary/aromatic N) is 4. The maximum Gasteiger partial charge on any atom is 0.101 e. The Kier molecular flexibility index (Phi) is 4.37. The SMILES string of the molecule is Cc1nn(C(C)c2ccncc2)c(C)c1-c1ccc(C#N)c(Cl)c1. The quantitative estimate of drug-likeness (QED) is 0.696. The summed E-state index contributed by atoms with van der Waals surface area (Å²) in [7, 11) is 0. The average molecular weight is 337 g/mol. The highest BCUT2D eigenvalue weighted by Crippen LogP contribution is 2.32. The van der Waals surface area contributed by atoms with Gasteiger partial charge in [-0.15, -0.1) is 0 Å². The van der Waals surface area contributed by atoms with E-state index in [1.54, 1.807) is 18.5 Å². The Morgan fingerprint density at radius 1 is 1.17 bits per heavy atom. The molecular formula is C19H17ClN4. The van der Waals surface area contributed by atoms with Crippen LogP contribution in [-0.2, 0) is 0 Å². The number of aromatic nitrogens is 3. The van der Waals surface area contributed by atoms with Gasteiger partial charge in [-0.25, -0.2) is 0 Å².